The normalized spacial score (nSPS) is 23.3. The zero-order valence-electron chi connectivity index (χ0n) is 11.5. The first kappa shape index (κ1) is 14.8. The fourth-order valence-electron chi connectivity index (χ4n) is 2.35. The number of aromatic nitrogens is 2. The highest BCUT2D eigenvalue weighted by Crippen LogP contribution is 2.24. The van der Waals surface area contributed by atoms with Gasteiger partial charge in [-0.05, 0) is 30.3 Å². The molecule has 1 aromatic rings. The number of nitrogens with one attached hydrogen (secondary N) is 1. The second-order valence-corrected chi connectivity index (χ2v) is 7.03. The van der Waals surface area contributed by atoms with Crippen molar-refractivity contribution in [2.45, 2.75) is 56.3 Å². The molecular formula is C13H21N3OS2. The Morgan fingerprint density at radius 2 is 2.26 bits per heavy atom. The summed E-state index contributed by atoms with van der Waals surface area (Å²) >= 11 is 2.87. The number of carbonyl (C=O) groups is 1. The summed E-state index contributed by atoms with van der Waals surface area (Å²) in [4.78, 5) is 16.3. The molecule has 2 atom stereocenters. The minimum Gasteiger partial charge on any atom is -0.352 e. The summed E-state index contributed by atoms with van der Waals surface area (Å²) in [5.74, 6) is 2.04. The molecule has 0 bridgehead atoms. The van der Waals surface area contributed by atoms with Crippen LogP contribution < -0.4 is 5.32 Å². The largest absolute Gasteiger partial charge is 0.352 e. The third-order valence-corrected chi connectivity index (χ3v) is 5.42. The molecule has 1 heterocycles. The van der Waals surface area contributed by atoms with E-state index in [2.05, 4.69) is 21.6 Å². The molecule has 2 rings (SSSR count). The van der Waals surface area contributed by atoms with Gasteiger partial charge in [-0.2, -0.15) is 4.37 Å². The zero-order valence-corrected chi connectivity index (χ0v) is 13.1. The minimum atomic E-state index is 0.122. The van der Waals surface area contributed by atoms with Crippen LogP contribution in [0.3, 0.4) is 0 Å². The Hall–Kier alpha value is -0.620. The van der Waals surface area contributed by atoms with E-state index in [1.807, 2.05) is 6.92 Å². The van der Waals surface area contributed by atoms with Gasteiger partial charge in [0.25, 0.3) is 0 Å². The average molecular weight is 299 g/mol. The smallest absolute Gasteiger partial charge is 0.230 e. The Kier molecular flexibility index (Phi) is 5.63. The Morgan fingerprint density at radius 3 is 2.95 bits per heavy atom. The number of nitrogens with zero attached hydrogens (tertiary/aromatic N) is 2. The van der Waals surface area contributed by atoms with Crippen molar-refractivity contribution in [3.05, 3.63) is 5.82 Å². The number of hydrogen-bond acceptors (Lipinski definition) is 5. The van der Waals surface area contributed by atoms with Gasteiger partial charge in [-0.25, -0.2) is 4.98 Å². The Balaban J connectivity index is 1.74. The van der Waals surface area contributed by atoms with Gasteiger partial charge in [0, 0.05) is 12.5 Å². The first-order valence-corrected chi connectivity index (χ1v) is 8.69. The van der Waals surface area contributed by atoms with Crippen LogP contribution in [0.25, 0.3) is 0 Å². The molecule has 0 radical (unpaired) electrons. The van der Waals surface area contributed by atoms with Crippen LogP contribution in [0.5, 0.6) is 0 Å². The number of hydrogen-bond donors (Lipinski definition) is 1. The molecule has 0 saturated heterocycles. The lowest BCUT2D eigenvalue weighted by atomic mass is 9.86. The van der Waals surface area contributed by atoms with Crippen molar-refractivity contribution in [1.29, 1.82) is 0 Å². The van der Waals surface area contributed by atoms with E-state index in [4.69, 9.17) is 0 Å². The van der Waals surface area contributed by atoms with E-state index in [1.54, 1.807) is 0 Å². The standard InChI is InChI=1S/C13H21N3OS2/c1-3-11-15-13(19-16-11)18-8-12(17)14-10-7-5-4-6-9(10)2/h9-10H,3-8H2,1-2H3,(H,14,17)/t9-,10+/m1/s1. The molecule has 6 heteroatoms. The van der Waals surface area contributed by atoms with Crippen LogP contribution in [-0.4, -0.2) is 27.1 Å². The molecule has 0 aliphatic heterocycles. The summed E-state index contributed by atoms with van der Waals surface area (Å²) < 4.78 is 5.11. The van der Waals surface area contributed by atoms with Gasteiger partial charge in [-0.15, -0.1) is 0 Å². The van der Waals surface area contributed by atoms with Crippen molar-refractivity contribution >= 4 is 29.2 Å². The van der Waals surface area contributed by atoms with Crippen LogP contribution in [0.15, 0.2) is 4.34 Å². The van der Waals surface area contributed by atoms with Gasteiger partial charge >= 0.3 is 0 Å². The quantitative estimate of drug-likeness (QED) is 0.849. The highest BCUT2D eigenvalue weighted by Gasteiger charge is 2.22. The molecule has 106 valence electrons. The second-order valence-electron chi connectivity index (χ2n) is 5.05. The van der Waals surface area contributed by atoms with E-state index >= 15 is 0 Å². The lowest BCUT2D eigenvalue weighted by molar-refractivity contribution is -0.119. The molecule has 0 unspecified atom stereocenters. The molecule has 0 spiro atoms. The molecule has 19 heavy (non-hydrogen) atoms. The van der Waals surface area contributed by atoms with Crippen LogP contribution >= 0.6 is 23.3 Å². The van der Waals surface area contributed by atoms with E-state index in [0.29, 0.717) is 17.7 Å². The molecular weight excluding hydrogens is 278 g/mol. The molecule has 1 aliphatic rings. The fraction of sp³-hybridized carbons (Fsp3) is 0.769. The fourth-order valence-corrected chi connectivity index (χ4v) is 3.85. The van der Waals surface area contributed by atoms with Crippen molar-refractivity contribution < 1.29 is 4.79 Å². The molecule has 1 aliphatic carbocycles. The lowest BCUT2D eigenvalue weighted by Gasteiger charge is -2.29. The van der Waals surface area contributed by atoms with E-state index in [9.17, 15) is 4.79 Å². The van der Waals surface area contributed by atoms with Crippen LogP contribution in [0.2, 0.25) is 0 Å². The van der Waals surface area contributed by atoms with Gasteiger partial charge in [0.2, 0.25) is 5.91 Å². The average Bonchev–Trinajstić information content (AvgIpc) is 2.87. The van der Waals surface area contributed by atoms with Crippen molar-refractivity contribution in [3.8, 4) is 0 Å². The summed E-state index contributed by atoms with van der Waals surface area (Å²) in [5, 5.41) is 3.16. The number of carbonyl (C=O) groups excluding carboxylic acids is 1. The number of aryl methyl sites for hydroxylation is 1. The van der Waals surface area contributed by atoms with Crippen molar-refractivity contribution in [3.63, 3.8) is 0 Å². The summed E-state index contributed by atoms with van der Waals surface area (Å²) in [6, 6.07) is 0.363. The van der Waals surface area contributed by atoms with Crippen LogP contribution in [0.4, 0.5) is 0 Å². The second kappa shape index (κ2) is 7.24. The van der Waals surface area contributed by atoms with E-state index in [1.165, 1.54) is 42.6 Å². The lowest BCUT2D eigenvalue weighted by Crippen LogP contribution is -2.41. The maximum atomic E-state index is 11.9. The SMILES string of the molecule is CCc1nsc(SCC(=O)N[C@H]2CCCC[C@H]2C)n1. The third-order valence-electron chi connectivity index (χ3n) is 3.55. The first-order chi connectivity index (χ1) is 9.19. The third kappa shape index (κ3) is 4.45. The number of amides is 1. The maximum absolute atomic E-state index is 11.9. The van der Waals surface area contributed by atoms with Gasteiger partial charge in [-0.3, -0.25) is 4.79 Å². The molecule has 1 N–H and O–H groups in total. The Bertz CT molecular complexity index is 422. The molecule has 0 aromatic carbocycles. The van der Waals surface area contributed by atoms with Crippen molar-refractivity contribution in [1.82, 2.24) is 14.7 Å². The van der Waals surface area contributed by atoms with Gasteiger partial charge in [0.1, 0.15) is 5.82 Å². The predicted molar refractivity (Wildman–Crippen MR) is 79.6 cm³/mol. The van der Waals surface area contributed by atoms with Gasteiger partial charge in [0.15, 0.2) is 4.34 Å². The predicted octanol–water partition coefficient (Wildman–Crippen LogP) is 2.89. The summed E-state index contributed by atoms with van der Waals surface area (Å²) in [6.45, 7) is 4.27. The molecule has 1 aromatic heterocycles. The van der Waals surface area contributed by atoms with Gasteiger partial charge in [-0.1, -0.05) is 38.5 Å². The van der Waals surface area contributed by atoms with E-state index in [-0.39, 0.29) is 5.91 Å². The van der Waals surface area contributed by atoms with E-state index < -0.39 is 0 Å². The summed E-state index contributed by atoms with van der Waals surface area (Å²) in [7, 11) is 0. The zero-order chi connectivity index (χ0) is 13.7. The van der Waals surface area contributed by atoms with Gasteiger partial charge < -0.3 is 5.32 Å². The van der Waals surface area contributed by atoms with E-state index in [0.717, 1.165) is 23.0 Å². The van der Waals surface area contributed by atoms with Crippen molar-refractivity contribution in [2.24, 2.45) is 5.92 Å². The topological polar surface area (TPSA) is 54.9 Å². The van der Waals surface area contributed by atoms with Crippen molar-refractivity contribution in [2.75, 3.05) is 5.75 Å². The minimum absolute atomic E-state index is 0.122. The number of thioether (sulfide) groups is 1. The molecule has 1 saturated carbocycles. The Morgan fingerprint density at radius 1 is 1.47 bits per heavy atom. The van der Waals surface area contributed by atoms with Gasteiger partial charge in [0.05, 0.1) is 5.75 Å². The summed E-state index contributed by atoms with van der Waals surface area (Å²) in [6.07, 6.45) is 5.74. The molecule has 1 fully saturated rings. The Labute approximate surface area is 122 Å². The van der Waals surface area contributed by atoms with Crippen LogP contribution in [0, 0.1) is 5.92 Å². The molecule has 1 amide bonds. The first-order valence-electron chi connectivity index (χ1n) is 6.93. The molecule has 4 nitrogen and oxygen atoms in total. The van der Waals surface area contributed by atoms with Crippen LogP contribution in [0.1, 0.15) is 45.4 Å². The highest BCUT2D eigenvalue weighted by molar-refractivity contribution is 8.01. The monoisotopic (exact) mass is 299 g/mol. The van der Waals surface area contributed by atoms with Crippen LogP contribution in [-0.2, 0) is 11.2 Å². The maximum Gasteiger partial charge on any atom is 0.230 e. The summed E-state index contributed by atoms with van der Waals surface area (Å²) in [5.41, 5.74) is 0. The number of rotatable bonds is 5. The highest BCUT2D eigenvalue weighted by atomic mass is 32.2.